The van der Waals surface area contributed by atoms with Gasteiger partial charge in [0, 0.05) is 53.7 Å². The lowest BCUT2D eigenvalue weighted by Crippen LogP contribution is -2.10. The largest absolute Gasteiger partial charge is 0.310 e. The first-order valence-electron chi connectivity index (χ1n) is 17.4. The van der Waals surface area contributed by atoms with Crippen LogP contribution >= 0.6 is 11.3 Å². The maximum Gasteiger partial charge on any atom is 0.0542 e. The maximum atomic E-state index is 2.45. The number of anilines is 3. The zero-order valence-corrected chi connectivity index (χ0v) is 28.4. The second-order valence-corrected chi connectivity index (χ2v) is 14.4. The van der Waals surface area contributed by atoms with Crippen LogP contribution in [0, 0.1) is 0 Å². The zero-order chi connectivity index (χ0) is 33.5. The van der Waals surface area contributed by atoms with E-state index in [1.165, 1.54) is 74.3 Å². The van der Waals surface area contributed by atoms with Crippen LogP contribution in [0.5, 0.6) is 0 Å². The van der Waals surface area contributed by atoms with Crippen LogP contribution in [0.4, 0.5) is 17.1 Å². The summed E-state index contributed by atoms with van der Waals surface area (Å²) < 4.78 is 4.99. The molecule has 0 spiro atoms. The molecule has 2 aromatic heterocycles. The lowest BCUT2D eigenvalue weighted by atomic mass is 9.94. The van der Waals surface area contributed by atoms with Gasteiger partial charge in [0.1, 0.15) is 0 Å². The van der Waals surface area contributed by atoms with Gasteiger partial charge in [0.05, 0.1) is 11.0 Å². The molecular weight excluding hydrogens is 637 g/mol. The third-order valence-electron chi connectivity index (χ3n) is 10.5. The Hall–Kier alpha value is -6.42. The standard InChI is InChI=1S/C48H30N2S/c1-2-12-31(13-3-1)50-45-20-10-8-18-40(45)44-29-33(24-27-46(44)50)49(34-23-26-42-41-19-9-11-21-47(41)51-48(42)30-34)32-22-25-39-37-16-5-4-14-35(37)36-15-6-7-17-38(36)43(39)28-32/h1-30H. The monoisotopic (exact) mass is 666 g/mol. The highest BCUT2D eigenvalue weighted by molar-refractivity contribution is 7.25. The van der Waals surface area contributed by atoms with E-state index in [-0.39, 0.29) is 0 Å². The van der Waals surface area contributed by atoms with Gasteiger partial charge in [-0.3, -0.25) is 0 Å². The van der Waals surface area contributed by atoms with Gasteiger partial charge >= 0.3 is 0 Å². The molecule has 0 fully saturated rings. The Morgan fingerprint density at radius 2 is 0.784 bits per heavy atom. The van der Waals surface area contributed by atoms with E-state index in [9.17, 15) is 0 Å². The molecule has 2 nitrogen and oxygen atoms in total. The van der Waals surface area contributed by atoms with E-state index in [1.54, 1.807) is 0 Å². The van der Waals surface area contributed by atoms with E-state index in [1.807, 2.05) is 11.3 Å². The summed E-state index contributed by atoms with van der Waals surface area (Å²) in [5, 5.41) is 12.8. The molecule has 9 aromatic carbocycles. The first kappa shape index (κ1) is 28.4. The minimum absolute atomic E-state index is 1.13. The summed E-state index contributed by atoms with van der Waals surface area (Å²) in [6, 6.07) is 66.8. The molecule has 0 radical (unpaired) electrons. The van der Waals surface area contributed by atoms with E-state index < -0.39 is 0 Å². The van der Waals surface area contributed by atoms with Crippen LogP contribution in [-0.2, 0) is 0 Å². The zero-order valence-electron chi connectivity index (χ0n) is 27.6. The van der Waals surface area contributed by atoms with Gasteiger partial charge in [-0.25, -0.2) is 0 Å². The van der Waals surface area contributed by atoms with Crippen LogP contribution in [-0.4, -0.2) is 4.57 Å². The van der Waals surface area contributed by atoms with Crippen molar-refractivity contribution < 1.29 is 0 Å². The summed E-state index contributed by atoms with van der Waals surface area (Å²) in [6.07, 6.45) is 0. The van der Waals surface area contributed by atoms with Crippen LogP contribution in [0.3, 0.4) is 0 Å². The topological polar surface area (TPSA) is 8.17 Å². The van der Waals surface area contributed by atoms with Crippen molar-refractivity contribution in [1.82, 2.24) is 4.57 Å². The van der Waals surface area contributed by atoms with Crippen LogP contribution < -0.4 is 4.90 Å². The Labute approximate surface area is 298 Å². The number of fused-ring (bicyclic) bond motifs is 12. The van der Waals surface area contributed by atoms with Gasteiger partial charge in [-0.15, -0.1) is 11.3 Å². The van der Waals surface area contributed by atoms with Crippen LogP contribution in [0.2, 0.25) is 0 Å². The molecule has 0 aliphatic heterocycles. The number of nitrogens with zero attached hydrogens (tertiary/aromatic N) is 2. The Kier molecular flexibility index (Phi) is 6.16. The molecular formula is C48H30N2S. The van der Waals surface area contributed by atoms with Gasteiger partial charge in [0.15, 0.2) is 0 Å². The number of hydrogen-bond acceptors (Lipinski definition) is 2. The molecule has 0 saturated heterocycles. The van der Waals surface area contributed by atoms with Crippen molar-refractivity contribution in [3.63, 3.8) is 0 Å². The molecule has 0 saturated carbocycles. The predicted octanol–water partition coefficient (Wildman–Crippen LogP) is 14.1. The van der Waals surface area contributed by atoms with Gasteiger partial charge < -0.3 is 9.47 Å². The number of thiophene rings is 1. The van der Waals surface area contributed by atoms with Crippen molar-refractivity contribution in [2.24, 2.45) is 0 Å². The van der Waals surface area contributed by atoms with E-state index in [0.29, 0.717) is 0 Å². The molecule has 0 atom stereocenters. The molecule has 0 aliphatic carbocycles. The van der Waals surface area contributed by atoms with Crippen molar-refractivity contribution >= 4 is 103 Å². The average Bonchev–Trinajstić information content (AvgIpc) is 3.73. The highest BCUT2D eigenvalue weighted by atomic mass is 32.1. The van der Waals surface area contributed by atoms with Crippen LogP contribution in [0.25, 0.3) is 80.0 Å². The highest BCUT2D eigenvalue weighted by Gasteiger charge is 2.20. The van der Waals surface area contributed by atoms with Crippen molar-refractivity contribution in [2.75, 3.05) is 4.90 Å². The number of rotatable bonds is 4. The molecule has 238 valence electrons. The second kappa shape index (κ2) is 11.0. The van der Waals surface area contributed by atoms with Gasteiger partial charge in [-0.1, -0.05) is 115 Å². The smallest absolute Gasteiger partial charge is 0.0542 e. The van der Waals surface area contributed by atoms with Crippen molar-refractivity contribution in [3.8, 4) is 5.69 Å². The van der Waals surface area contributed by atoms with Gasteiger partial charge in [0.2, 0.25) is 0 Å². The molecule has 3 heteroatoms. The van der Waals surface area contributed by atoms with Crippen LogP contribution in [0.15, 0.2) is 182 Å². The minimum Gasteiger partial charge on any atom is -0.310 e. The predicted molar refractivity (Wildman–Crippen MR) is 221 cm³/mol. The number of aromatic nitrogens is 1. The Bertz CT molecular complexity index is 3120. The van der Waals surface area contributed by atoms with Gasteiger partial charge in [0.25, 0.3) is 0 Å². The average molecular weight is 667 g/mol. The molecule has 11 rings (SSSR count). The third-order valence-corrected chi connectivity index (χ3v) is 11.7. The summed E-state index contributed by atoms with van der Waals surface area (Å²) in [6.45, 7) is 0. The number of para-hydroxylation sites is 2. The van der Waals surface area contributed by atoms with Crippen molar-refractivity contribution in [1.29, 1.82) is 0 Å². The fourth-order valence-corrected chi connectivity index (χ4v) is 9.43. The summed E-state index contributed by atoms with van der Waals surface area (Å²) >= 11 is 1.86. The molecule has 0 bridgehead atoms. The van der Waals surface area contributed by atoms with Crippen molar-refractivity contribution in [3.05, 3.63) is 182 Å². The summed E-state index contributed by atoms with van der Waals surface area (Å²) in [7, 11) is 0. The summed E-state index contributed by atoms with van der Waals surface area (Å²) in [5.74, 6) is 0. The minimum atomic E-state index is 1.13. The molecule has 51 heavy (non-hydrogen) atoms. The lowest BCUT2D eigenvalue weighted by molar-refractivity contribution is 1.18. The second-order valence-electron chi connectivity index (χ2n) is 13.3. The number of benzene rings is 9. The van der Waals surface area contributed by atoms with E-state index in [4.69, 9.17) is 0 Å². The first-order valence-corrected chi connectivity index (χ1v) is 18.3. The third kappa shape index (κ3) is 4.29. The quantitative estimate of drug-likeness (QED) is 0.170. The van der Waals surface area contributed by atoms with Gasteiger partial charge in [-0.2, -0.15) is 0 Å². The van der Waals surface area contributed by atoms with E-state index >= 15 is 0 Å². The first-order chi connectivity index (χ1) is 25.3. The fourth-order valence-electron chi connectivity index (χ4n) is 8.29. The normalized spacial score (nSPS) is 11.9. The maximum absolute atomic E-state index is 2.45. The summed E-state index contributed by atoms with van der Waals surface area (Å²) in [5.41, 5.74) is 6.97. The SMILES string of the molecule is c1ccc(-n2c3ccccc3c3cc(N(c4ccc5c(c4)sc4ccccc45)c4ccc5c6ccccc6c6ccccc6c5c4)ccc32)cc1. The Morgan fingerprint density at radius 1 is 0.314 bits per heavy atom. The van der Waals surface area contributed by atoms with Crippen molar-refractivity contribution in [2.45, 2.75) is 0 Å². The van der Waals surface area contributed by atoms with E-state index in [0.717, 1.165) is 22.7 Å². The molecule has 11 aromatic rings. The molecule has 0 unspecified atom stereocenters. The fraction of sp³-hybridized carbons (Fsp3) is 0. The molecule has 0 aliphatic rings. The molecule has 0 amide bonds. The number of hydrogen-bond donors (Lipinski definition) is 0. The van der Waals surface area contributed by atoms with Crippen LogP contribution in [0.1, 0.15) is 0 Å². The van der Waals surface area contributed by atoms with E-state index in [2.05, 4.69) is 191 Å². The van der Waals surface area contributed by atoms with Gasteiger partial charge in [-0.05, 0) is 99.0 Å². The Morgan fingerprint density at radius 3 is 1.51 bits per heavy atom. The lowest BCUT2D eigenvalue weighted by Gasteiger charge is -2.26. The summed E-state index contributed by atoms with van der Waals surface area (Å²) in [4.78, 5) is 2.45. The molecule has 0 N–H and O–H groups in total. The highest BCUT2D eigenvalue weighted by Crippen LogP contribution is 2.45. The molecule has 2 heterocycles. The Balaban J connectivity index is 1.20.